The first kappa shape index (κ1) is 14.7. The lowest BCUT2D eigenvalue weighted by Gasteiger charge is -2.15. The van der Waals surface area contributed by atoms with Crippen LogP contribution >= 0.6 is 11.3 Å². The molecule has 1 amide bonds. The standard InChI is InChI=1S/C13H19NO3S/c1-10-6-7-11(18-10)4-3-5-12(15)14(2)9-8-13(16)17/h6-7H,3-5,8-9H2,1-2H3,(H,16,17). The van der Waals surface area contributed by atoms with Crippen LogP contribution in [0, 0.1) is 6.92 Å². The Morgan fingerprint density at radius 1 is 1.33 bits per heavy atom. The lowest BCUT2D eigenvalue weighted by Crippen LogP contribution is -2.28. The molecule has 18 heavy (non-hydrogen) atoms. The molecule has 0 radical (unpaired) electrons. The molecule has 0 saturated heterocycles. The SMILES string of the molecule is Cc1ccc(CCCC(=O)N(C)CCC(=O)O)s1. The minimum absolute atomic E-state index is 0.00631. The van der Waals surface area contributed by atoms with Gasteiger partial charge in [0.05, 0.1) is 6.42 Å². The van der Waals surface area contributed by atoms with E-state index in [-0.39, 0.29) is 18.9 Å². The van der Waals surface area contributed by atoms with E-state index in [1.54, 1.807) is 18.4 Å². The van der Waals surface area contributed by atoms with E-state index in [4.69, 9.17) is 5.11 Å². The van der Waals surface area contributed by atoms with Gasteiger partial charge in [-0.15, -0.1) is 11.3 Å². The molecular formula is C13H19NO3S. The Labute approximate surface area is 111 Å². The highest BCUT2D eigenvalue weighted by atomic mass is 32.1. The van der Waals surface area contributed by atoms with Crippen LogP contribution in [0.15, 0.2) is 12.1 Å². The van der Waals surface area contributed by atoms with E-state index >= 15 is 0 Å². The molecular weight excluding hydrogens is 250 g/mol. The van der Waals surface area contributed by atoms with Crippen molar-refractivity contribution in [2.45, 2.75) is 32.6 Å². The first-order valence-corrected chi connectivity index (χ1v) is 6.81. The Hall–Kier alpha value is -1.36. The Morgan fingerprint density at radius 2 is 2.06 bits per heavy atom. The molecule has 4 nitrogen and oxygen atoms in total. The second kappa shape index (κ2) is 7.16. The number of thiophene rings is 1. The number of amides is 1. The molecule has 0 fully saturated rings. The quantitative estimate of drug-likeness (QED) is 0.826. The molecule has 0 aliphatic carbocycles. The van der Waals surface area contributed by atoms with Gasteiger partial charge >= 0.3 is 5.97 Å². The Morgan fingerprint density at radius 3 is 2.61 bits per heavy atom. The average Bonchev–Trinajstić information content (AvgIpc) is 2.71. The Bertz CT molecular complexity index is 414. The van der Waals surface area contributed by atoms with Crippen LogP contribution in [0.3, 0.4) is 0 Å². The molecule has 0 atom stereocenters. The second-order valence-corrected chi connectivity index (χ2v) is 5.70. The van der Waals surface area contributed by atoms with E-state index in [1.165, 1.54) is 14.7 Å². The maximum atomic E-state index is 11.7. The maximum Gasteiger partial charge on any atom is 0.305 e. The molecule has 0 aromatic carbocycles. The highest BCUT2D eigenvalue weighted by molar-refractivity contribution is 7.11. The minimum atomic E-state index is -0.872. The summed E-state index contributed by atoms with van der Waals surface area (Å²) in [4.78, 5) is 26.2. The van der Waals surface area contributed by atoms with Crippen molar-refractivity contribution in [3.63, 3.8) is 0 Å². The topological polar surface area (TPSA) is 57.6 Å². The zero-order chi connectivity index (χ0) is 13.5. The monoisotopic (exact) mass is 269 g/mol. The summed E-state index contributed by atoms with van der Waals surface area (Å²) >= 11 is 1.76. The van der Waals surface area contributed by atoms with Gasteiger partial charge in [-0.25, -0.2) is 0 Å². The third-order valence-electron chi connectivity index (χ3n) is 2.70. The van der Waals surface area contributed by atoms with E-state index in [0.717, 1.165) is 12.8 Å². The van der Waals surface area contributed by atoms with Crippen LogP contribution in [0.1, 0.15) is 29.0 Å². The molecule has 0 spiro atoms. The van der Waals surface area contributed by atoms with Crippen LogP contribution in [-0.4, -0.2) is 35.5 Å². The van der Waals surface area contributed by atoms with Gasteiger partial charge in [-0.3, -0.25) is 9.59 Å². The number of nitrogens with zero attached hydrogens (tertiary/aromatic N) is 1. The summed E-state index contributed by atoms with van der Waals surface area (Å²) in [6.45, 7) is 2.35. The number of carboxylic acids is 1. The van der Waals surface area contributed by atoms with Gasteiger partial charge in [0, 0.05) is 29.8 Å². The van der Waals surface area contributed by atoms with Crippen molar-refractivity contribution in [1.82, 2.24) is 4.90 Å². The van der Waals surface area contributed by atoms with Gasteiger partial charge in [0.15, 0.2) is 0 Å². The fraction of sp³-hybridized carbons (Fsp3) is 0.538. The molecule has 0 aliphatic rings. The molecule has 5 heteroatoms. The molecule has 1 heterocycles. The minimum Gasteiger partial charge on any atom is -0.481 e. The van der Waals surface area contributed by atoms with Crippen LogP contribution in [0.2, 0.25) is 0 Å². The third-order valence-corrected chi connectivity index (χ3v) is 3.76. The molecule has 100 valence electrons. The number of carbonyl (C=O) groups excluding carboxylic acids is 1. The summed E-state index contributed by atoms with van der Waals surface area (Å²) in [7, 11) is 1.65. The van der Waals surface area contributed by atoms with E-state index in [9.17, 15) is 9.59 Å². The van der Waals surface area contributed by atoms with Crippen LogP contribution in [0.5, 0.6) is 0 Å². The van der Waals surface area contributed by atoms with Gasteiger partial charge in [-0.2, -0.15) is 0 Å². The lowest BCUT2D eigenvalue weighted by molar-refractivity contribution is -0.138. The van der Waals surface area contributed by atoms with Gasteiger partial charge in [-0.05, 0) is 31.9 Å². The normalized spacial score (nSPS) is 10.3. The first-order valence-electron chi connectivity index (χ1n) is 6.00. The second-order valence-electron chi connectivity index (χ2n) is 4.32. The van der Waals surface area contributed by atoms with Crippen molar-refractivity contribution >= 4 is 23.2 Å². The predicted molar refractivity (Wildman–Crippen MR) is 71.9 cm³/mol. The van der Waals surface area contributed by atoms with Gasteiger partial charge in [0.1, 0.15) is 0 Å². The summed E-state index contributed by atoms with van der Waals surface area (Å²) in [5, 5.41) is 8.53. The van der Waals surface area contributed by atoms with E-state index in [2.05, 4.69) is 19.1 Å². The highest BCUT2D eigenvalue weighted by Gasteiger charge is 2.10. The smallest absolute Gasteiger partial charge is 0.305 e. The summed E-state index contributed by atoms with van der Waals surface area (Å²) in [5.74, 6) is -0.853. The fourth-order valence-corrected chi connectivity index (χ4v) is 2.54. The number of hydrogen-bond donors (Lipinski definition) is 1. The van der Waals surface area contributed by atoms with Gasteiger partial charge in [0.2, 0.25) is 5.91 Å². The van der Waals surface area contributed by atoms with Crippen molar-refractivity contribution in [1.29, 1.82) is 0 Å². The lowest BCUT2D eigenvalue weighted by atomic mass is 10.2. The van der Waals surface area contributed by atoms with Crippen molar-refractivity contribution in [3.8, 4) is 0 Å². The number of hydrogen-bond acceptors (Lipinski definition) is 3. The zero-order valence-electron chi connectivity index (χ0n) is 10.8. The number of rotatable bonds is 7. The van der Waals surface area contributed by atoms with Crippen molar-refractivity contribution in [3.05, 3.63) is 21.9 Å². The van der Waals surface area contributed by atoms with Crippen LogP contribution in [0.25, 0.3) is 0 Å². The maximum absolute atomic E-state index is 11.7. The summed E-state index contributed by atoms with van der Waals surface area (Å²) in [6.07, 6.45) is 2.21. The fourth-order valence-electron chi connectivity index (χ4n) is 1.61. The molecule has 0 bridgehead atoms. The number of aryl methyl sites for hydroxylation is 2. The molecule has 0 saturated carbocycles. The van der Waals surface area contributed by atoms with E-state index in [0.29, 0.717) is 6.42 Å². The van der Waals surface area contributed by atoms with Gasteiger partial charge < -0.3 is 10.0 Å². The Kier molecular flexibility index (Phi) is 5.85. The van der Waals surface area contributed by atoms with Crippen LogP contribution in [-0.2, 0) is 16.0 Å². The van der Waals surface area contributed by atoms with Crippen molar-refractivity contribution < 1.29 is 14.7 Å². The van der Waals surface area contributed by atoms with Crippen molar-refractivity contribution in [2.24, 2.45) is 0 Å². The first-order chi connectivity index (χ1) is 8.49. The molecule has 1 aromatic rings. The zero-order valence-corrected chi connectivity index (χ0v) is 11.6. The third kappa shape index (κ3) is 5.31. The molecule has 1 rings (SSSR count). The largest absolute Gasteiger partial charge is 0.481 e. The van der Waals surface area contributed by atoms with Crippen LogP contribution < -0.4 is 0 Å². The summed E-state index contributed by atoms with van der Waals surface area (Å²) in [5.41, 5.74) is 0. The average molecular weight is 269 g/mol. The number of aliphatic carboxylic acids is 1. The number of carbonyl (C=O) groups is 2. The Balaban J connectivity index is 2.22. The van der Waals surface area contributed by atoms with Gasteiger partial charge in [-0.1, -0.05) is 0 Å². The highest BCUT2D eigenvalue weighted by Crippen LogP contribution is 2.17. The molecule has 1 aromatic heterocycles. The molecule has 0 aliphatic heterocycles. The van der Waals surface area contributed by atoms with E-state index < -0.39 is 5.97 Å². The summed E-state index contributed by atoms with van der Waals surface area (Å²) < 4.78 is 0. The van der Waals surface area contributed by atoms with Gasteiger partial charge in [0.25, 0.3) is 0 Å². The molecule has 0 unspecified atom stereocenters. The molecule has 1 N–H and O–H groups in total. The number of carboxylic acid groups (broad SMARTS) is 1. The summed E-state index contributed by atoms with van der Waals surface area (Å²) in [6, 6.07) is 4.18. The van der Waals surface area contributed by atoms with Crippen molar-refractivity contribution in [2.75, 3.05) is 13.6 Å². The van der Waals surface area contributed by atoms with Crippen LogP contribution in [0.4, 0.5) is 0 Å². The predicted octanol–water partition coefficient (Wildman–Crippen LogP) is 2.31. The van der Waals surface area contributed by atoms with E-state index in [1.807, 2.05) is 0 Å².